The summed E-state index contributed by atoms with van der Waals surface area (Å²) in [6.07, 6.45) is 1.57. The van der Waals surface area contributed by atoms with Crippen molar-refractivity contribution in [2.75, 3.05) is 26.2 Å². The van der Waals surface area contributed by atoms with E-state index in [1.54, 1.807) is 10.9 Å². The van der Waals surface area contributed by atoms with Gasteiger partial charge in [-0.2, -0.15) is 5.10 Å². The standard InChI is InChI=1S/C17H19Cl3N4O/c1-12-16(20)9-21-24(12)11-17(25)23-6-4-22(5-7-23)10-13-2-3-14(18)15(19)8-13/h2-3,8-9H,4-7,10-11H2,1H3. The summed E-state index contributed by atoms with van der Waals surface area (Å²) in [5.74, 6) is 0.0667. The Balaban J connectivity index is 1.52. The Bertz CT molecular complexity index is 769. The van der Waals surface area contributed by atoms with Gasteiger partial charge >= 0.3 is 0 Å². The second-order valence-electron chi connectivity index (χ2n) is 6.14. The highest BCUT2D eigenvalue weighted by atomic mass is 35.5. The summed E-state index contributed by atoms with van der Waals surface area (Å²) in [5.41, 5.74) is 1.93. The monoisotopic (exact) mass is 400 g/mol. The van der Waals surface area contributed by atoms with Crippen molar-refractivity contribution in [1.82, 2.24) is 19.6 Å². The average molecular weight is 402 g/mol. The Kier molecular flexibility index (Phi) is 5.89. The van der Waals surface area contributed by atoms with Gasteiger partial charge in [-0.05, 0) is 24.6 Å². The number of amides is 1. The van der Waals surface area contributed by atoms with Gasteiger partial charge in [0.1, 0.15) is 6.54 Å². The van der Waals surface area contributed by atoms with Crippen LogP contribution in [0.1, 0.15) is 11.3 Å². The lowest BCUT2D eigenvalue weighted by molar-refractivity contribution is -0.133. The normalized spacial score (nSPS) is 15.6. The largest absolute Gasteiger partial charge is 0.339 e. The van der Waals surface area contributed by atoms with Crippen LogP contribution in [0.4, 0.5) is 0 Å². The molecule has 8 heteroatoms. The zero-order valence-corrected chi connectivity index (χ0v) is 16.2. The molecule has 1 saturated heterocycles. The SMILES string of the molecule is Cc1c(Cl)cnn1CC(=O)N1CCN(Cc2ccc(Cl)c(Cl)c2)CC1. The first kappa shape index (κ1) is 18.5. The van der Waals surface area contributed by atoms with Gasteiger partial charge in [0.05, 0.1) is 27.0 Å². The molecule has 5 nitrogen and oxygen atoms in total. The minimum atomic E-state index is 0.0667. The maximum Gasteiger partial charge on any atom is 0.244 e. The van der Waals surface area contributed by atoms with Gasteiger partial charge in [-0.1, -0.05) is 40.9 Å². The molecule has 0 unspecified atom stereocenters. The van der Waals surface area contributed by atoms with Crippen LogP contribution in [-0.2, 0) is 17.9 Å². The second-order valence-corrected chi connectivity index (χ2v) is 7.36. The van der Waals surface area contributed by atoms with E-state index in [2.05, 4.69) is 10.00 Å². The van der Waals surface area contributed by atoms with Crippen LogP contribution in [-0.4, -0.2) is 51.7 Å². The summed E-state index contributed by atoms with van der Waals surface area (Å²) in [6, 6.07) is 5.69. The van der Waals surface area contributed by atoms with Crippen molar-refractivity contribution in [2.24, 2.45) is 0 Å². The molecule has 1 aliphatic rings. The maximum absolute atomic E-state index is 12.4. The Hall–Kier alpha value is -1.27. The lowest BCUT2D eigenvalue weighted by Crippen LogP contribution is -2.49. The van der Waals surface area contributed by atoms with Crippen molar-refractivity contribution in [3.63, 3.8) is 0 Å². The molecular formula is C17H19Cl3N4O. The first-order valence-corrected chi connectivity index (χ1v) is 9.19. The molecule has 1 aromatic carbocycles. The number of carbonyl (C=O) groups excluding carboxylic acids is 1. The molecule has 0 saturated carbocycles. The molecule has 2 aromatic rings. The van der Waals surface area contributed by atoms with Crippen LogP contribution < -0.4 is 0 Å². The third-order valence-corrected chi connectivity index (χ3v) is 5.55. The van der Waals surface area contributed by atoms with E-state index in [-0.39, 0.29) is 12.5 Å². The summed E-state index contributed by atoms with van der Waals surface area (Å²) in [5, 5.41) is 5.86. The molecule has 1 aliphatic heterocycles. The molecule has 0 N–H and O–H groups in total. The molecule has 134 valence electrons. The van der Waals surface area contributed by atoms with Gasteiger partial charge in [0, 0.05) is 32.7 Å². The van der Waals surface area contributed by atoms with Crippen molar-refractivity contribution >= 4 is 40.7 Å². The van der Waals surface area contributed by atoms with Crippen molar-refractivity contribution < 1.29 is 4.79 Å². The number of benzene rings is 1. The van der Waals surface area contributed by atoms with Crippen LogP contribution in [0.15, 0.2) is 24.4 Å². The molecule has 0 bridgehead atoms. The zero-order valence-electron chi connectivity index (χ0n) is 13.9. The van der Waals surface area contributed by atoms with E-state index in [0.29, 0.717) is 28.2 Å². The van der Waals surface area contributed by atoms with Crippen LogP contribution >= 0.6 is 34.8 Å². The number of hydrogen-bond acceptors (Lipinski definition) is 3. The highest BCUT2D eigenvalue weighted by Crippen LogP contribution is 2.23. The van der Waals surface area contributed by atoms with E-state index in [1.165, 1.54) is 0 Å². The third kappa shape index (κ3) is 4.47. The lowest BCUT2D eigenvalue weighted by Gasteiger charge is -2.34. The molecule has 0 radical (unpaired) electrons. The van der Waals surface area contributed by atoms with Gasteiger partial charge in [-0.25, -0.2) is 0 Å². The summed E-state index contributed by atoms with van der Waals surface area (Å²) in [6.45, 7) is 5.94. The first-order chi connectivity index (χ1) is 11.9. The van der Waals surface area contributed by atoms with E-state index >= 15 is 0 Å². The van der Waals surface area contributed by atoms with Crippen molar-refractivity contribution in [3.05, 3.63) is 50.7 Å². The van der Waals surface area contributed by atoms with Crippen LogP contribution in [0.25, 0.3) is 0 Å². The van der Waals surface area contributed by atoms with E-state index in [9.17, 15) is 4.79 Å². The molecule has 1 fully saturated rings. The summed E-state index contributed by atoms with van der Waals surface area (Å²) in [4.78, 5) is 16.6. The smallest absolute Gasteiger partial charge is 0.244 e. The Morgan fingerprint density at radius 1 is 1.08 bits per heavy atom. The van der Waals surface area contributed by atoms with E-state index in [4.69, 9.17) is 34.8 Å². The lowest BCUT2D eigenvalue weighted by atomic mass is 10.2. The van der Waals surface area contributed by atoms with E-state index in [1.807, 2.05) is 30.0 Å². The fourth-order valence-electron chi connectivity index (χ4n) is 2.86. The van der Waals surface area contributed by atoms with Crippen LogP contribution in [0.3, 0.4) is 0 Å². The Morgan fingerprint density at radius 3 is 2.40 bits per heavy atom. The van der Waals surface area contributed by atoms with Crippen molar-refractivity contribution in [1.29, 1.82) is 0 Å². The summed E-state index contributed by atoms with van der Waals surface area (Å²) < 4.78 is 1.65. The van der Waals surface area contributed by atoms with Gasteiger partial charge in [0.15, 0.2) is 0 Å². The van der Waals surface area contributed by atoms with Gasteiger partial charge in [-0.15, -0.1) is 0 Å². The highest BCUT2D eigenvalue weighted by Gasteiger charge is 2.22. The first-order valence-electron chi connectivity index (χ1n) is 8.06. The van der Waals surface area contributed by atoms with Gasteiger partial charge in [0.2, 0.25) is 5.91 Å². The number of halogens is 3. The predicted octanol–water partition coefficient (Wildman–Crippen LogP) is 3.50. The van der Waals surface area contributed by atoms with Crippen molar-refractivity contribution in [2.45, 2.75) is 20.0 Å². The van der Waals surface area contributed by atoms with Gasteiger partial charge < -0.3 is 4.90 Å². The third-order valence-electron chi connectivity index (χ3n) is 4.44. The van der Waals surface area contributed by atoms with E-state index in [0.717, 1.165) is 30.9 Å². The molecule has 3 rings (SSSR count). The topological polar surface area (TPSA) is 41.4 Å². The zero-order chi connectivity index (χ0) is 18.0. The summed E-state index contributed by atoms with van der Waals surface area (Å²) in [7, 11) is 0. The molecule has 0 atom stereocenters. The Morgan fingerprint density at radius 2 is 1.80 bits per heavy atom. The van der Waals surface area contributed by atoms with Gasteiger partial charge in [0.25, 0.3) is 0 Å². The average Bonchev–Trinajstić information content (AvgIpc) is 2.91. The number of rotatable bonds is 4. The molecule has 1 aromatic heterocycles. The molecule has 25 heavy (non-hydrogen) atoms. The molecule has 0 spiro atoms. The van der Waals surface area contributed by atoms with Crippen molar-refractivity contribution in [3.8, 4) is 0 Å². The fourth-order valence-corrected chi connectivity index (χ4v) is 3.32. The second kappa shape index (κ2) is 7.96. The van der Waals surface area contributed by atoms with Crippen LogP contribution in [0.2, 0.25) is 15.1 Å². The Labute approximate surface area is 162 Å². The fraction of sp³-hybridized carbons (Fsp3) is 0.412. The molecule has 2 heterocycles. The minimum Gasteiger partial charge on any atom is -0.339 e. The number of piperazine rings is 1. The number of nitrogens with zero attached hydrogens (tertiary/aromatic N) is 4. The molecule has 0 aliphatic carbocycles. The molecule has 1 amide bonds. The van der Waals surface area contributed by atoms with Crippen LogP contribution in [0.5, 0.6) is 0 Å². The van der Waals surface area contributed by atoms with Gasteiger partial charge in [-0.3, -0.25) is 14.4 Å². The number of carbonyl (C=O) groups is 1. The minimum absolute atomic E-state index is 0.0667. The number of hydrogen-bond donors (Lipinski definition) is 0. The summed E-state index contributed by atoms with van der Waals surface area (Å²) >= 11 is 18.0. The molecular weight excluding hydrogens is 383 g/mol. The predicted molar refractivity (Wildman–Crippen MR) is 100 cm³/mol. The quantitative estimate of drug-likeness (QED) is 0.787. The number of aromatic nitrogens is 2. The highest BCUT2D eigenvalue weighted by molar-refractivity contribution is 6.42. The van der Waals surface area contributed by atoms with Crippen LogP contribution in [0, 0.1) is 6.92 Å². The maximum atomic E-state index is 12.4. The van der Waals surface area contributed by atoms with E-state index < -0.39 is 0 Å².